The predicted octanol–water partition coefficient (Wildman–Crippen LogP) is 10.5. The van der Waals surface area contributed by atoms with Crippen LogP contribution in [0.1, 0.15) is 49.9 Å². The van der Waals surface area contributed by atoms with Crippen LogP contribution in [-0.2, 0) is 10.8 Å². The van der Waals surface area contributed by atoms with Crippen molar-refractivity contribution in [3.8, 4) is 27.9 Å². The summed E-state index contributed by atoms with van der Waals surface area (Å²) in [5, 5.41) is 5.37. The number of para-hydroxylation sites is 1. The van der Waals surface area contributed by atoms with Crippen LogP contribution in [0.25, 0.3) is 60.5 Å². The Hall–Kier alpha value is -4.62. The molecular weight excluding hydrogens is 494 g/mol. The molecule has 0 aliphatic heterocycles. The zero-order chi connectivity index (χ0) is 27.7. The van der Waals surface area contributed by atoms with Gasteiger partial charge in [0.05, 0.1) is 11.0 Å². The topological polar surface area (TPSA) is 4.93 Å². The molecule has 2 aliphatic carbocycles. The maximum Gasteiger partial charge on any atom is 0.0625 e. The molecule has 0 fully saturated rings. The SMILES string of the molecule is CC1(C)c2ccccc2-c2ccc(-n3c4ccccc4c4c5c(c6ccccc6c43)C(C)(C)c3ccccc3-5)cc21. The van der Waals surface area contributed by atoms with Crippen molar-refractivity contribution in [3.63, 3.8) is 0 Å². The molecule has 1 nitrogen and oxygen atoms in total. The Kier molecular flexibility index (Phi) is 4.26. The zero-order valence-corrected chi connectivity index (χ0v) is 23.9. The van der Waals surface area contributed by atoms with E-state index >= 15 is 0 Å². The van der Waals surface area contributed by atoms with Crippen LogP contribution in [0.5, 0.6) is 0 Å². The lowest BCUT2D eigenvalue weighted by molar-refractivity contribution is 0.660. The van der Waals surface area contributed by atoms with Gasteiger partial charge in [-0.2, -0.15) is 0 Å². The molecule has 0 N–H and O–H groups in total. The first-order valence-corrected chi connectivity index (χ1v) is 14.7. The molecule has 196 valence electrons. The van der Waals surface area contributed by atoms with Crippen LogP contribution in [0.4, 0.5) is 0 Å². The second kappa shape index (κ2) is 7.56. The maximum absolute atomic E-state index is 2.54. The van der Waals surface area contributed by atoms with Crippen LogP contribution in [0.3, 0.4) is 0 Å². The third kappa shape index (κ3) is 2.72. The Balaban J connectivity index is 1.47. The molecule has 1 heterocycles. The predicted molar refractivity (Wildman–Crippen MR) is 173 cm³/mol. The fraction of sp³-hybridized carbons (Fsp3) is 0.150. The Morgan fingerprint density at radius 1 is 0.488 bits per heavy atom. The van der Waals surface area contributed by atoms with Crippen LogP contribution >= 0.6 is 0 Å². The summed E-state index contributed by atoms with van der Waals surface area (Å²) < 4.78 is 2.54. The van der Waals surface area contributed by atoms with Crippen molar-refractivity contribution >= 4 is 32.6 Å². The number of hydrogen-bond donors (Lipinski definition) is 0. The van der Waals surface area contributed by atoms with Crippen LogP contribution < -0.4 is 0 Å². The average molecular weight is 526 g/mol. The highest BCUT2D eigenvalue weighted by molar-refractivity contribution is 6.26. The molecule has 7 aromatic rings. The zero-order valence-electron chi connectivity index (χ0n) is 23.9. The number of hydrogen-bond acceptors (Lipinski definition) is 0. The van der Waals surface area contributed by atoms with Crippen molar-refractivity contribution in [1.82, 2.24) is 4.57 Å². The van der Waals surface area contributed by atoms with Gasteiger partial charge in [-0.3, -0.25) is 0 Å². The maximum atomic E-state index is 2.54. The van der Waals surface area contributed by atoms with Gasteiger partial charge in [0.1, 0.15) is 0 Å². The first kappa shape index (κ1) is 23.1. The Labute approximate surface area is 240 Å². The van der Waals surface area contributed by atoms with Gasteiger partial charge in [0.2, 0.25) is 0 Å². The molecule has 0 spiro atoms. The molecule has 0 saturated carbocycles. The molecule has 2 aliphatic rings. The number of aromatic nitrogens is 1. The Bertz CT molecular complexity index is 2260. The summed E-state index contributed by atoms with van der Waals surface area (Å²) in [7, 11) is 0. The van der Waals surface area contributed by atoms with Gasteiger partial charge in [-0.05, 0) is 68.1 Å². The molecule has 41 heavy (non-hydrogen) atoms. The van der Waals surface area contributed by atoms with Crippen molar-refractivity contribution in [2.45, 2.75) is 38.5 Å². The van der Waals surface area contributed by atoms with Gasteiger partial charge in [0.15, 0.2) is 0 Å². The van der Waals surface area contributed by atoms with Crippen LogP contribution in [0.15, 0.2) is 115 Å². The molecule has 0 unspecified atom stereocenters. The van der Waals surface area contributed by atoms with E-state index in [2.05, 4.69) is 148 Å². The van der Waals surface area contributed by atoms with Gasteiger partial charge in [-0.15, -0.1) is 0 Å². The highest BCUT2D eigenvalue weighted by Gasteiger charge is 2.40. The summed E-state index contributed by atoms with van der Waals surface area (Å²) in [6.45, 7) is 9.54. The lowest BCUT2D eigenvalue weighted by Crippen LogP contribution is -2.15. The summed E-state index contributed by atoms with van der Waals surface area (Å²) in [5.41, 5.74) is 14.9. The smallest absolute Gasteiger partial charge is 0.0625 e. The van der Waals surface area contributed by atoms with Gasteiger partial charge in [0.25, 0.3) is 0 Å². The van der Waals surface area contributed by atoms with E-state index in [9.17, 15) is 0 Å². The molecule has 1 heteroatoms. The van der Waals surface area contributed by atoms with Gasteiger partial charge in [-0.25, -0.2) is 0 Å². The molecule has 9 rings (SSSR count). The van der Waals surface area contributed by atoms with Crippen molar-refractivity contribution in [2.24, 2.45) is 0 Å². The molecule has 0 radical (unpaired) electrons. The first-order valence-electron chi connectivity index (χ1n) is 14.7. The molecule has 0 atom stereocenters. The van der Waals surface area contributed by atoms with E-state index in [1.807, 2.05) is 0 Å². The minimum atomic E-state index is -0.0771. The van der Waals surface area contributed by atoms with Gasteiger partial charge < -0.3 is 4.57 Å². The fourth-order valence-electron chi connectivity index (χ4n) is 8.31. The number of nitrogens with zero attached hydrogens (tertiary/aromatic N) is 1. The largest absolute Gasteiger partial charge is 0.309 e. The van der Waals surface area contributed by atoms with E-state index < -0.39 is 0 Å². The van der Waals surface area contributed by atoms with E-state index in [-0.39, 0.29) is 10.8 Å². The summed E-state index contributed by atoms with van der Waals surface area (Å²) in [6, 6.07) is 43.2. The van der Waals surface area contributed by atoms with E-state index in [1.165, 1.54) is 82.8 Å². The molecule has 6 aromatic carbocycles. The fourth-order valence-corrected chi connectivity index (χ4v) is 8.31. The van der Waals surface area contributed by atoms with Crippen molar-refractivity contribution < 1.29 is 0 Å². The van der Waals surface area contributed by atoms with Crippen LogP contribution in [0.2, 0.25) is 0 Å². The monoisotopic (exact) mass is 525 g/mol. The van der Waals surface area contributed by atoms with E-state index in [4.69, 9.17) is 0 Å². The van der Waals surface area contributed by atoms with Crippen LogP contribution in [0, 0.1) is 0 Å². The minimum absolute atomic E-state index is 0.0486. The summed E-state index contributed by atoms with van der Waals surface area (Å²) in [6.07, 6.45) is 0. The quantitative estimate of drug-likeness (QED) is 0.201. The van der Waals surface area contributed by atoms with Gasteiger partial charge >= 0.3 is 0 Å². The van der Waals surface area contributed by atoms with Gasteiger partial charge in [0, 0.05) is 32.7 Å². The lowest BCUT2D eigenvalue weighted by Gasteiger charge is -2.24. The molecule has 0 saturated heterocycles. The highest BCUT2D eigenvalue weighted by Crippen LogP contribution is 2.56. The second-order valence-corrected chi connectivity index (χ2v) is 12.9. The number of fused-ring (bicyclic) bond motifs is 13. The lowest BCUT2D eigenvalue weighted by atomic mass is 9.79. The standard InChI is InChI=1S/C40H31N/c1-39(2)31-18-10-7-13-25(31)26-22-21-24(23-33(26)39)41-34-20-12-9-17-30(34)36-35-29-16-8-11-19-32(29)40(3,4)37(35)27-14-5-6-15-28(27)38(36)41/h5-23H,1-4H3. The molecule has 1 aromatic heterocycles. The van der Waals surface area contributed by atoms with E-state index in [0.717, 1.165) is 0 Å². The Morgan fingerprint density at radius 3 is 1.85 bits per heavy atom. The normalized spacial score (nSPS) is 15.7. The van der Waals surface area contributed by atoms with Gasteiger partial charge in [-0.1, -0.05) is 125 Å². The number of benzene rings is 6. The molecular formula is C40H31N. The van der Waals surface area contributed by atoms with Crippen molar-refractivity contribution in [3.05, 3.63) is 138 Å². The molecule has 0 amide bonds. The van der Waals surface area contributed by atoms with E-state index in [0.29, 0.717) is 0 Å². The summed E-state index contributed by atoms with van der Waals surface area (Å²) in [5.74, 6) is 0. The van der Waals surface area contributed by atoms with Crippen molar-refractivity contribution in [2.75, 3.05) is 0 Å². The Morgan fingerprint density at radius 2 is 1.07 bits per heavy atom. The highest BCUT2D eigenvalue weighted by atomic mass is 15.0. The number of rotatable bonds is 1. The average Bonchev–Trinajstić information content (AvgIpc) is 3.55. The van der Waals surface area contributed by atoms with E-state index in [1.54, 1.807) is 0 Å². The third-order valence-corrected chi connectivity index (χ3v) is 10.1. The summed E-state index contributed by atoms with van der Waals surface area (Å²) >= 11 is 0. The van der Waals surface area contributed by atoms with Crippen molar-refractivity contribution in [1.29, 1.82) is 0 Å². The second-order valence-electron chi connectivity index (χ2n) is 12.9. The first-order chi connectivity index (χ1) is 19.9. The van der Waals surface area contributed by atoms with Crippen LogP contribution in [-0.4, -0.2) is 4.57 Å². The minimum Gasteiger partial charge on any atom is -0.309 e. The third-order valence-electron chi connectivity index (χ3n) is 10.1. The summed E-state index contributed by atoms with van der Waals surface area (Å²) in [4.78, 5) is 0. The molecule has 0 bridgehead atoms.